The third kappa shape index (κ3) is 2.58. The number of nitrogen functional groups attached to an aromatic ring is 1. The molecular formula is C13H17N5OS. The molecule has 1 fully saturated rings. The molecule has 2 N–H and O–H groups in total. The van der Waals surface area contributed by atoms with Crippen molar-refractivity contribution in [3.05, 3.63) is 18.2 Å². The van der Waals surface area contributed by atoms with Crippen molar-refractivity contribution in [2.45, 2.75) is 41.8 Å². The Kier molecular flexibility index (Phi) is 3.77. The predicted molar refractivity (Wildman–Crippen MR) is 76.9 cm³/mol. The Morgan fingerprint density at radius 3 is 2.90 bits per heavy atom. The van der Waals surface area contributed by atoms with Gasteiger partial charge in [0.1, 0.15) is 5.75 Å². The number of nitrogens with zero attached hydrogens (tertiary/aromatic N) is 4. The lowest BCUT2D eigenvalue weighted by Crippen LogP contribution is -2.08. The van der Waals surface area contributed by atoms with Crippen LogP contribution in [0.25, 0.3) is 0 Å². The van der Waals surface area contributed by atoms with E-state index in [1.54, 1.807) is 7.11 Å². The molecule has 0 saturated heterocycles. The quantitative estimate of drug-likeness (QED) is 0.872. The minimum absolute atomic E-state index is 0.433. The summed E-state index contributed by atoms with van der Waals surface area (Å²) >= 11 is 1.54. The summed E-state index contributed by atoms with van der Waals surface area (Å²) in [5.74, 6) is 0.676. The monoisotopic (exact) mass is 291 g/mol. The Morgan fingerprint density at radius 1 is 1.35 bits per heavy atom. The first-order valence-electron chi connectivity index (χ1n) is 6.67. The van der Waals surface area contributed by atoms with Gasteiger partial charge in [0.15, 0.2) is 0 Å². The molecule has 0 amide bonds. The smallest absolute Gasteiger partial charge is 0.214 e. The lowest BCUT2D eigenvalue weighted by atomic mass is 10.3. The molecule has 1 aliphatic rings. The molecule has 0 spiro atoms. The maximum Gasteiger partial charge on any atom is 0.214 e. The van der Waals surface area contributed by atoms with Crippen molar-refractivity contribution in [2.24, 2.45) is 0 Å². The Balaban J connectivity index is 1.82. The highest BCUT2D eigenvalue weighted by Crippen LogP contribution is 2.35. The van der Waals surface area contributed by atoms with Crippen molar-refractivity contribution in [1.82, 2.24) is 20.2 Å². The maximum atomic E-state index is 5.82. The molecule has 6 nitrogen and oxygen atoms in total. The van der Waals surface area contributed by atoms with Crippen molar-refractivity contribution in [3.63, 3.8) is 0 Å². The van der Waals surface area contributed by atoms with Crippen LogP contribution >= 0.6 is 11.8 Å². The van der Waals surface area contributed by atoms with E-state index in [0.717, 1.165) is 22.9 Å². The fourth-order valence-corrected chi connectivity index (χ4v) is 3.36. The van der Waals surface area contributed by atoms with E-state index in [9.17, 15) is 0 Å². The first kappa shape index (κ1) is 13.2. The summed E-state index contributed by atoms with van der Waals surface area (Å²) in [6.45, 7) is 0. The van der Waals surface area contributed by atoms with Gasteiger partial charge in [-0.05, 0) is 53.2 Å². The zero-order valence-electron chi connectivity index (χ0n) is 11.3. The van der Waals surface area contributed by atoms with Gasteiger partial charge in [0.05, 0.1) is 18.8 Å². The topological polar surface area (TPSA) is 78.9 Å². The fourth-order valence-electron chi connectivity index (χ4n) is 2.49. The molecule has 0 radical (unpaired) electrons. The molecule has 0 bridgehead atoms. The summed E-state index contributed by atoms with van der Waals surface area (Å²) in [5.41, 5.74) is 6.45. The van der Waals surface area contributed by atoms with E-state index in [1.807, 2.05) is 22.9 Å². The van der Waals surface area contributed by atoms with Crippen molar-refractivity contribution >= 4 is 17.4 Å². The van der Waals surface area contributed by atoms with Gasteiger partial charge in [0, 0.05) is 4.90 Å². The number of nitrogens with two attached hydrogens (primary N) is 1. The second kappa shape index (κ2) is 5.70. The normalized spacial score (nSPS) is 15.7. The van der Waals surface area contributed by atoms with Gasteiger partial charge < -0.3 is 10.5 Å². The van der Waals surface area contributed by atoms with Gasteiger partial charge in [-0.2, -0.15) is 0 Å². The zero-order chi connectivity index (χ0) is 13.9. The molecule has 1 aliphatic carbocycles. The van der Waals surface area contributed by atoms with E-state index in [0.29, 0.717) is 17.5 Å². The van der Waals surface area contributed by atoms with Crippen molar-refractivity contribution in [3.8, 4) is 5.75 Å². The second-order valence-corrected chi connectivity index (χ2v) is 5.89. The highest BCUT2D eigenvalue weighted by atomic mass is 32.2. The van der Waals surface area contributed by atoms with Crippen LogP contribution in [0.1, 0.15) is 31.7 Å². The Hall–Kier alpha value is -1.76. The minimum atomic E-state index is 0.433. The van der Waals surface area contributed by atoms with E-state index in [4.69, 9.17) is 10.5 Å². The molecule has 2 aromatic rings. The number of tetrazole rings is 1. The molecule has 1 aromatic heterocycles. The van der Waals surface area contributed by atoms with Crippen LogP contribution in [-0.4, -0.2) is 27.3 Å². The third-order valence-corrected chi connectivity index (χ3v) is 4.49. The molecule has 0 unspecified atom stereocenters. The van der Waals surface area contributed by atoms with Gasteiger partial charge >= 0.3 is 0 Å². The number of aromatic nitrogens is 4. The van der Waals surface area contributed by atoms with Gasteiger partial charge in [-0.3, -0.25) is 0 Å². The number of hydrogen-bond donors (Lipinski definition) is 1. The van der Waals surface area contributed by atoms with Crippen LogP contribution < -0.4 is 10.5 Å². The zero-order valence-corrected chi connectivity index (χ0v) is 12.1. The predicted octanol–water partition coefficient (Wildman–Crippen LogP) is 2.53. The van der Waals surface area contributed by atoms with E-state index < -0.39 is 0 Å². The number of hydrogen-bond acceptors (Lipinski definition) is 6. The number of rotatable bonds is 4. The largest absolute Gasteiger partial charge is 0.495 e. The van der Waals surface area contributed by atoms with Crippen molar-refractivity contribution < 1.29 is 4.74 Å². The molecule has 106 valence electrons. The molecule has 1 aromatic carbocycles. The SMILES string of the molecule is COc1cc(Sc2nnnn2C2CCCC2)ccc1N. The standard InChI is InChI=1S/C13H17N5OS/c1-19-12-8-10(6-7-11(12)14)20-13-15-16-17-18(13)9-4-2-3-5-9/h6-9H,2-5,14H2,1H3. The summed E-state index contributed by atoms with van der Waals surface area (Å²) in [6, 6.07) is 6.14. The molecular weight excluding hydrogens is 274 g/mol. The Bertz CT molecular complexity index is 594. The van der Waals surface area contributed by atoms with Crippen LogP contribution in [-0.2, 0) is 0 Å². The molecule has 0 atom stereocenters. The van der Waals surface area contributed by atoms with Crippen molar-refractivity contribution in [1.29, 1.82) is 0 Å². The van der Waals surface area contributed by atoms with E-state index in [2.05, 4.69) is 15.5 Å². The fraction of sp³-hybridized carbons (Fsp3) is 0.462. The summed E-state index contributed by atoms with van der Waals surface area (Å²) < 4.78 is 7.18. The summed E-state index contributed by atoms with van der Waals surface area (Å²) in [4.78, 5) is 1.02. The van der Waals surface area contributed by atoms with Crippen LogP contribution in [0.15, 0.2) is 28.3 Å². The molecule has 20 heavy (non-hydrogen) atoms. The third-order valence-electron chi connectivity index (χ3n) is 3.55. The number of ether oxygens (including phenoxy) is 1. The molecule has 1 saturated carbocycles. The first-order chi connectivity index (χ1) is 9.78. The van der Waals surface area contributed by atoms with Gasteiger partial charge in [0.25, 0.3) is 0 Å². The van der Waals surface area contributed by atoms with Gasteiger partial charge in [-0.25, -0.2) is 4.68 Å². The lowest BCUT2D eigenvalue weighted by Gasteiger charge is -2.11. The van der Waals surface area contributed by atoms with Gasteiger partial charge in [0.2, 0.25) is 5.16 Å². The number of benzene rings is 1. The summed E-state index contributed by atoms with van der Waals surface area (Å²) in [6.07, 6.45) is 4.82. The summed E-state index contributed by atoms with van der Waals surface area (Å²) in [5, 5.41) is 12.9. The molecule has 0 aliphatic heterocycles. The average Bonchev–Trinajstić information content (AvgIpc) is 3.11. The average molecular weight is 291 g/mol. The van der Waals surface area contributed by atoms with Crippen LogP contribution in [0.4, 0.5) is 5.69 Å². The van der Waals surface area contributed by atoms with Gasteiger partial charge in [-0.15, -0.1) is 5.10 Å². The van der Waals surface area contributed by atoms with Crippen LogP contribution in [0.5, 0.6) is 5.75 Å². The van der Waals surface area contributed by atoms with Crippen LogP contribution in [0.2, 0.25) is 0 Å². The first-order valence-corrected chi connectivity index (χ1v) is 7.49. The molecule has 1 heterocycles. The van der Waals surface area contributed by atoms with Crippen LogP contribution in [0.3, 0.4) is 0 Å². The van der Waals surface area contributed by atoms with Crippen molar-refractivity contribution in [2.75, 3.05) is 12.8 Å². The van der Waals surface area contributed by atoms with E-state index in [1.165, 1.54) is 24.6 Å². The Morgan fingerprint density at radius 2 is 2.15 bits per heavy atom. The van der Waals surface area contributed by atoms with Gasteiger partial charge in [-0.1, -0.05) is 12.8 Å². The molecule has 3 rings (SSSR count). The summed E-state index contributed by atoms with van der Waals surface area (Å²) in [7, 11) is 1.61. The van der Waals surface area contributed by atoms with E-state index >= 15 is 0 Å². The Labute approximate surface area is 121 Å². The maximum absolute atomic E-state index is 5.82. The highest BCUT2D eigenvalue weighted by molar-refractivity contribution is 7.99. The lowest BCUT2D eigenvalue weighted by molar-refractivity contribution is 0.415. The number of anilines is 1. The molecule has 7 heteroatoms. The minimum Gasteiger partial charge on any atom is -0.495 e. The number of methoxy groups -OCH3 is 1. The van der Waals surface area contributed by atoms with Crippen LogP contribution in [0, 0.1) is 0 Å². The second-order valence-electron chi connectivity index (χ2n) is 4.85. The van der Waals surface area contributed by atoms with E-state index in [-0.39, 0.29) is 0 Å². The highest BCUT2D eigenvalue weighted by Gasteiger charge is 2.22.